The molecule has 0 saturated heterocycles. The van der Waals surface area contributed by atoms with Crippen molar-refractivity contribution in [2.75, 3.05) is 11.9 Å². The van der Waals surface area contributed by atoms with E-state index in [1.54, 1.807) is 36.4 Å². The number of nitrogens with zero attached hydrogens (tertiary/aromatic N) is 1. The van der Waals surface area contributed by atoms with Gasteiger partial charge in [-0.05, 0) is 83.3 Å². The van der Waals surface area contributed by atoms with Crippen molar-refractivity contribution in [1.29, 1.82) is 0 Å². The summed E-state index contributed by atoms with van der Waals surface area (Å²) in [6, 6.07) is 28.5. The van der Waals surface area contributed by atoms with Gasteiger partial charge >= 0.3 is 6.03 Å². The van der Waals surface area contributed by atoms with Crippen LogP contribution in [0.1, 0.15) is 36.5 Å². The van der Waals surface area contributed by atoms with Crippen molar-refractivity contribution >= 4 is 34.6 Å². The van der Waals surface area contributed by atoms with E-state index in [1.807, 2.05) is 36.4 Å². The number of hydrogen-bond donors (Lipinski definition) is 2. The maximum Gasteiger partial charge on any atom is 0.340 e. The van der Waals surface area contributed by atoms with Gasteiger partial charge in [0.25, 0.3) is 0 Å². The van der Waals surface area contributed by atoms with Crippen LogP contribution in [0.4, 0.5) is 14.9 Å². The highest BCUT2D eigenvalue weighted by atomic mass is 35.5. The number of hydrogen-bond acceptors (Lipinski definition) is 3. The maximum absolute atomic E-state index is 13.6. The van der Waals surface area contributed by atoms with Crippen molar-refractivity contribution in [3.8, 4) is 11.5 Å². The van der Waals surface area contributed by atoms with Gasteiger partial charge in [0.05, 0.1) is 12.2 Å². The molecule has 7 heteroatoms. The smallest absolute Gasteiger partial charge is 0.340 e. The minimum atomic E-state index is -0.327. The molecule has 0 bridgehead atoms. The van der Waals surface area contributed by atoms with Crippen LogP contribution in [0.2, 0.25) is 5.02 Å². The normalized spacial score (nSPS) is 13.0. The van der Waals surface area contributed by atoms with Crippen molar-refractivity contribution in [3.05, 3.63) is 125 Å². The Morgan fingerprint density at radius 1 is 0.868 bits per heavy atom. The van der Waals surface area contributed by atoms with Crippen LogP contribution in [0.15, 0.2) is 97.1 Å². The van der Waals surface area contributed by atoms with Crippen LogP contribution in [-0.4, -0.2) is 17.6 Å². The van der Waals surface area contributed by atoms with Gasteiger partial charge < -0.3 is 10.1 Å². The molecule has 0 spiro atoms. The maximum atomic E-state index is 13.6. The third-order valence-corrected chi connectivity index (χ3v) is 6.58. The Morgan fingerprint density at radius 3 is 2.05 bits per heavy atom. The summed E-state index contributed by atoms with van der Waals surface area (Å²) >= 11 is 6.07. The van der Waals surface area contributed by atoms with E-state index in [0.717, 1.165) is 28.1 Å². The molecular formula is C31H27ClFN3O2. The first-order valence-corrected chi connectivity index (χ1v) is 12.7. The summed E-state index contributed by atoms with van der Waals surface area (Å²) in [6.45, 7) is 4.60. The number of ether oxygens (including phenoxy) is 1. The van der Waals surface area contributed by atoms with Crippen molar-refractivity contribution in [2.45, 2.75) is 19.8 Å². The topological polar surface area (TPSA) is 53.6 Å². The predicted molar refractivity (Wildman–Crippen MR) is 151 cm³/mol. The number of amides is 2. The van der Waals surface area contributed by atoms with E-state index >= 15 is 0 Å². The van der Waals surface area contributed by atoms with Gasteiger partial charge in [0.1, 0.15) is 17.3 Å². The SMILES string of the molecule is CC(C)c1ccc(Oc2ccc(NC(=O)N3CC(c4ccc(F)cc4)=C(c4ccc(Cl)cc4)N3)cc2)cc1. The summed E-state index contributed by atoms with van der Waals surface area (Å²) in [5.74, 6) is 1.57. The lowest BCUT2D eigenvalue weighted by Crippen LogP contribution is -2.40. The summed E-state index contributed by atoms with van der Waals surface area (Å²) in [7, 11) is 0. The fourth-order valence-electron chi connectivity index (χ4n) is 4.20. The number of benzene rings is 4. The largest absolute Gasteiger partial charge is 0.457 e. The zero-order valence-corrected chi connectivity index (χ0v) is 21.8. The van der Waals surface area contributed by atoms with Crippen LogP contribution in [0.5, 0.6) is 11.5 Å². The van der Waals surface area contributed by atoms with Gasteiger partial charge in [-0.3, -0.25) is 5.43 Å². The average Bonchev–Trinajstić information content (AvgIpc) is 3.37. The van der Waals surface area contributed by atoms with E-state index in [4.69, 9.17) is 16.3 Å². The van der Waals surface area contributed by atoms with E-state index in [1.165, 1.54) is 22.7 Å². The highest BCUT2D eigenvalue weighted by Crippen LogP contribution is 2.31. The minimum Gasteiger partial charge on any atom is -0.457 e. The molecule has 0 radical (unpaired) electrons. The van der Waals surface area contributed by atoms with Crippen molar-refractivity contribution < 1.29 is 13.9 Å². The zero-order valence-electron chi connectivity index (χ0n) is 21.0. The third kappa shape index (κ3) is 5.82. The van der Waals surface area contributed by atoms with E-state index in [0.29, 0.717) is 28.9 Å². The lowest BCUT2D eigenvalue weighted by atomic mass is 10.0. The van der Waals surface area contributed by atoms with Gasteiger partial charge in [-0.2, -0.15) is 0 Å². The van der Waals surface area contributed by atoms with Crippen molar-refractivity contribution in [1.82, 2.24) is 10.4 Å². The van der Waals surface area contributed by atoms with Gasteiger partial charge in [-0.1, -0.05) is 61.8 Å². The fourth-order valence-corrected chi connectivity index (χ4v) is 4.32. The average molecular weight is 528 g/mol. The molecule has 192 valence electrons. The number of anilines is 1. The number of carbonyl (C=O) groups excluding carboxylic acids is 1. The molecule has 0 aliphatic carbocycles. The Labute approximate surface area is 226 Å². The molecule has 4 aromatic carbocycles. The molecule has 2 N–H and O–H groups in total. The third-order valence-electron chi connectivity index (χ3n) is 6.32. The first-order valence-electron chi connectivity index (χ1n) is 12.3. The molecule has 38 heavy (non-hydrogen) atoms. The number of urea groups is 1. The summed E-state index contributed by atoms with van der Waals surface area (Å²) in [5, 5.41) is 5.02. The predicted octanol–water partition coefficient (Wildman–Crippen LogP) is 8.32. The van der Waals surface area contributed by atoms with Crippen LogP contribution in [0.25, 0.3) is 11.3 Å². The molecule has 0 atom stereocenters. The summed E-state index contributed by atoms with van der Waals surface area (Å²) < 4.78 is 19.5. The highest BCUT2D eigenvalue weighted by molar-refractivity contribution is 6.30. The molecule has 0 fully saturated rings. The summed E-state index contributed by atoms with van der Waals surface area (Å²) in [6.07, 6.45) is 0. The molecule has 1 aliphatic heterocycles. The van der Waals surface area contributed by atoms with Crippen LogP contribution in [0.3, 0.4) is 0 Å². The van der Waals surface area contributed by atoms with Crippen molar-refractivity contribution in [3.63, 3.8) is 0 Å². The molecule has 0 unspecified atom stereocenters. The van der Waals surface area contributed by atoms with Gasteiger partial charge in [-0.15, -0.1) is 0 Å². The standard InChI is InChI=1S/C31H27ClFN3O2/c1-20(2)21-7-15-27(16-8-21)38-28-17-13-26(14-18-28)34-31(37)36-19-29(22-5-11-25(33)12-6-22)30(35-36)23-3-9-24(32)10-4-23/h3-18,20,35H,19H2,1-2H3,(H,34,37). The Bertz CT molecular complexity index is 1390. The monoisotopic (exact) mass is 527 g/mol. The number of carbonyl (C=O) groups is 1. The number of hydrazine groups is 1. The van der Waals surface area contributed by atoms with Crippen molar-refractivity contribution in [2.24, 2.45) is 0 Å². The molecule has 2 amide bonds. The van der Waals surface area contributed by atoms with Crippen LogP contribution in [-0.2, 0) is 0 Å². The Morgan fingerprint density at radius 2 is 1.45 bits per heavy atom. The van der Waals surface area contributed by atoms with Gasteiger partial charge in [0.2, 0.25) is 0 Å². The lowest BCUT2D eigenvalue weighted by molar-refractivity contribution is 0.210. The van der Waals surface area contributed by atoms with Gasteiger partial charge in [0.15, 0.2) is 0 Å². The second-order valence-corrected chi connectivity index (χ2v) is 9.78. The first kappa shape index (κ1) is 25.4. The lowest BCUT2D eigenvalue weighted by Gasteiger charge is -2.19. The molecule has 1 aliphatic rings. The zero-order chi connectivity index (χ0) is 26.6. The second-order valence-electron chi connectivity index (χ2n) is 9.35. The number of halogens is 2. The quantitative estimate of drug-likeness (QED) is 0.265. The Hall–Kier alpha value is -4.29. The molecule has 1 heterocycles. The summed E-state index contributed by atoms with van der Waals surface area (Å²) in [4.78, 5) is 13.2. The van der Waals surface area contributed by atoms with E-state index in [2.05, 4.69) is 36.7 Å². The Kier molecular flexibility index (Phi) is 7.33. The highest BCUT2D eigenvalue weighted by Gasteiger charge is 2.27. The molecule has 4 aromatic rings. The Balaban J connectivity index is 1.28. The fraction of sp³-hybridized carbons (Fsp3) is 0.129. The molecule has 0 aromatic heterocycles. The van der Waals surface area contributed by atoms with Crippen LogP contribution in [0, 0.1) is 5.82 Å². The molecule has 5 nitrogen and oxygen atoms in total. The number of rotatable bonds is 6. The van der Waals surface area contributed by atoms with Gasteiger partial charge in [-0.25, -0.2) is 14.2 Å². The molecule has 0 saturated carbocycles. The second kappa shape index (κ2) is 11.0. The van der Waals surface area contributed by atoms with E-state index in [-0.39, 0.29) is 11.8 Å². The van der Waals surface area contributed by atoms with Crippen LogP contribution < -0.4 is 15.5 Å². The minimum absolute atomic E-state index is 0.295. The number of nitrogens with one attached hydrogen (secondary N) is 2. The van der Waals surface area contributed by atoms with Gasteiger partial charge in [0, 0.05) is 16.3 Å². The van der Waals surface area contributed by atoms with E-state index in [9.17, 15) is 9.18 Å². The van der Waals surface area contributed by atoms with E-state index < -0.39 is 0 Å². The first-order chi connectivity index (χ1) is 18.4. The molecular weight excluding hydrogens is 501 g/mol. The van der Waals surface area contributed by atoms with Crippen LogP contribution >= 0.6 is 11.6 Å². The summed E-state index contributed by atoms with van der Waals surface area (Å²) in [5.41, 5.74) is 8.40. The molecule has 5 rings (SSSR count).